The van der Waals surface area contributed by atoms with E-state index in [4.69, 9.17) is 5.11 Å². The molecule has 1 aromatic rings. The summed E-state index contributed by atoms with van der Waals surface area (Å²) < 4.78 is 0. The molecule has 1 aromatic carbocycles. The Morgan fingerprint density at radius 1 is 1.33 bits per heavy atom. The van der Waals surface area contributed by atoms with Crippen molar-refractivity contribution in [3.05, 3.63) is 39.9 Å². The Balaban J connectivity index is 2.77. The van der Waals surface area contributed by atoms with Crippen LogP contribution >= 0.6 is 0 Å². The largest absolute Gasteiger partial charge is 0.480 e. The topological polar surface area (TPSA) is 110 Å². The fourth-order valence-corrected chi connectivity index (χ4v) is 1.95. The zero-order chi connectivity index (χ0) is 16.0. The van der Waals surface area contributed by atoms with Crippen LogP contribution < -0.4 is 5.32 Å². The number of nitro benzene ring substituents is 1. The highest BCUT2D eigenvalue weighted by molar-refractivity contribution is 5.85. The van der Waals surface area contributed by atoms with Crippen LogP contribution in [0.15, 0.2) is 24.3 Å². The molecule has 0 aliphatic rings. The summed E-state index contributed by atoms with van der Waals surface area (Å²) in [6.45, 7) is 3.70. The van der Waals surface area contributed by atoms with Gasteiger partial charge in [-0.25, -0.2) is 4.79 Å². The lowest BCUT2D eigenvalue weighted by molar-refractivity contribution is -0.385. The SMILES string of the molecule is CC(C)C[C@@H](NC(=O)Cc1ccccc1[N+](=O)[O-])C(=O)O. The normalized spacial score (nSPS) is 12.0. The molecule has 0 spiro atoms. The van der Waals surface area contributed by atoms with Gasteiger partial charge in [-0.15, -0.1) is 0 Å². The van der Waals surface area contributed by atoms with Crippen molar-refractivity contribution in [3.63, 3.8) is 0 Å². The van der Waals surface area contributed by atoms with Crippen molar-refractivity contribution >= 4 is 17.6 Å². The summed E-state index contributed by atoms with van der Waals surface area (Å²) in [6.07, 6.45) is 0.0803. The van der Waals surface area contributed by atoms with Gasteiger partial charge in [-0.2, -0.15) is 0 Å². The van der Waals surface area contributed by atoms with Gasteiger partial charge in [0.1, 0.15) is 6.04 Å². The van der Waals surface area contributed by atoms with Crippen molar-refractivity contribution in [2.75, 3.05) is 0 Å². The number of nitrogens with one attached hydrogen (secondary N) is 1. The van der Waals surface area contributed by atoms with E-state index < -0.39 is 22.8 Å². The van der Waals surface area contributed by atoms with E-state index in [0.29, 0.717) is 6.42 Å². The Hall–Kier alpha value is -2.44. The molecule has 2 N–H and O–H groups in total. The number of nitrogens with zero attached hydrogens (tertiary/aromatic N) is 1. The first-order valence-corrected chi connectivity index (χ1v) is 6.55. The van der Waals surface area contributed by atoms with Crippen LogP contribution in [-0.2, 0) is 16.0 Å². The fraction of sp³-hybridized carbons (Fsp3) is 0.429. The number of carboxylic acids is 1. The number of para-hydroxylation sites is 1. The first-order chi connectivity index (χ1) is 9.81. The van der Waals surface area contributed by atoms with Crippen LogP contribution in [0.4, 0.5) is 5.69 Å². The third kappa shape index (κ3) is 5.21. The van der Waals surface area contributed by atoms with Crippen LogP contribution in [0.25, 0.3) is 0 Å². The lowest BCUT2D eigenvalue weighted by Gasteiger charge is -2.16. The molecular formula is C14H18N2O5. The molecule has 0 fully saturated rings. The van der Waals surface area contributed by atoms with Gasteiger partial charge in [0.25, 0.3) is 5.69 Å². The maximum absolute atomic E-state index is 11.9. The number of benzene rings is 1. The average molecular weight is 294 g/mol. The van der Waals surface area contributed by atoms with Crippen LogP contribution in [0.5, 0.6) is 0 Å². The minimum atomic E-state index is -1.11. The Bertz CT molecular complexity index is 542. The second-order valence-corrected chi connectivity index (χ2v) is 5.15. The smallest absolute Gasteiger partial charge is 0.326 e. The van der Waals surface area contributed by atoms with Crippen LogP contribution in [0.2, 0.25) is 0 Å². The van der Waals surface area contributed by atoms with Crippen molar-refractivity contribution < 1.29 is 19.6 Å². The van der Waals surface area contributed by atoms with Gasteiger partial charge < -0.3 is 10.4 Å². The van der Waals surface area contributed by atoms with Crippen molar-refractivity contribution in [3.8, 4) is 0 Å². The molecule has 1 rings (SSSR count). The van der Waals surface area contributed by atoms with E-state index in [9.17, 15) is 19.7 Å². The molecule has 1 amide bonds. The van der Waals surface area contributed by atoms with E-state index in [0.717, 1.165) is 0 Å². The molecule has 0 saturated carbocycles. The van der Waals surface area contributed by atoms with Gasteiger partial charge in [-0.1, -0.05) is 32.0 Å². The summed E-state index contributed by atoms with van der Waals surface area (Å²) >= 11 is 0. The molecule has 0 heterocycles. The number of nitro groups is 1. The molecule has 0 aromatic heterocycles. The molecule has 21 heavy (non-hydrogen) atoms. The number of carboxylic acid groups (broad SMARTS) is 1. The number of carbonyl (C=O) groups is 2. The maximum Gasteiger partial charge on any atom is 0.326 e. The molecule has 1 atom stereocenters. The molecule has 7 nitrogen and oxygen atoms in total. The van der Waals surface area contributed by atoms with Crippen molar-refractivity contribution in [1.82, 2.24) is 5.32 Å². The van der Waals surface area contributed by atoms with Crippen LogP contribution in [0.1, 0.15) is 25.8 Å². The van der Waals surface area contributed by atoms with Crippen LogP contribution in [0.3, 0.4) is 0 Å². The summed E-state index contributed by atoms with van der Waals surface area (Å²) in [7, 11) is 0. The van der Waals surface area contributed by atoms with Crippen molar-refractivity contribution in [1.29, 1.82) is 0 Å². The summed E-state index contributed by atoms with van der Waals surface area (Å²) in [5, 5.41) is 22.3. The van der Waals surface area contributed by atoms with Gasteiger partial charge >= 0.3 is 5.97 Å². The van der Waals surface area contributed by atoms with Gasteiger partial charge in [0, 0.05) is 11.6 Å². The summed E-state index contributed by atoms with van der Waals surface area (Å²) in [5.74, 6) is -1.55. The number of carbonyl (C=O) groups excluding carboxylic acids is 1. The number of amides is 1. The quantitative estimate of drug-likeness (QED) is 0.588. The molecule has 0 aliphatic carbocycles. The van der Waals surface area contributed by atoms with Crippen molar-refractivity contribution in [2.24, 2.45) is 5.92 Å². The Morgan fingerprint density at radius 3 is 2.48 bits per heavy atom. The van der Waals surface area contributed by atoms with E-state index in [1.54, 1.807) is 6.07 Å². The van der Waals surface area contributed by atoms with Crippen LogP contribution in [0, 0.1) is 16.0 Å². The monoisotopic (exact) mass is 294 g/mol. The number of rotatable bonds is 7. The second-order valence-electron chi connectivity index (χ2n) is 5.15. The number of hydrogen-bond acceptors (Lipinski definition) is 4. The van der Waals surface area contributed by atoms with E-state index in [-0.39, 0.29) is 23.6 Å². The highest BCUT2D eigenvalue weighted by atomic mass is 16.6. The van der Waals surface area contributed by atoms with Gasteiger partial charge in [0.05, 0.1) is 11.3 Å². The minimum Gasteiger partial charge on any atom is -0.480 e. The van der Waals surface area contributed by atoms with Gasteiger partial charge in [0.15, 0.2) is 0 Å². The average Bonchev–Trinajstić information content (AvgIpc) is 2.37. The maximum atomic E-state index is 11.9. The molecule has 0 aliphatic heterocycles. The highest BCUT2D eigenvalue weighted by Crippen LogP contribution is 2.18. The number of aliphatic carboxylic acids is 1. The highest BCUT2D eigenvalue weighted by Gasteiger charge is 2.22. The zero-order valence-electron chi connectivity index (χ0n) is 11.9. The van der Waals surface area contributed by atoms with Crippen LogP contribution in [-0.4, -0.2) is 27.9 Å². The molecular weight excluding hydrogens is 276 g/mol. The molecule has 7 heteroatoms. The Morgan fingerprint density at radius 2 is 1.95 bits per heavy atom. The second kappa shape index (κ2) is 7.37. The fourth-order valence-electron chi connectivity index (χ4n) is 1.95. The van der Waals surface area contributed by atoms with E-state index in [2.05, 4.69) is 5.32 Å². The van der Waals surface area contributed by atoms with Crippen molar-refractivity contribution in [2.45, 2.75) is 32.7 Å². The predicted molar refractivity (Wildman–Crippen MR) is 75.8 cm³/mol. The van der Waals surface area contributed by atoms with Gasteiger partial charge in [0.2, 0.25) is 5.91 Å². The lowest BCUT2D eigenvalue weighted by atomic mass is 10.0. The summed E-state index contributed by atoms with van der Waals surface area (Å²) in [4.78, 5) is 33.3. The first kappa shape index (κ1) is 16.6. The zero-order valence-corrected chi connectivity index (χ0v) is 11.9. The first-order valence-electron chi connectivity index (χ1n) is 6.55. The molecule has 114 valence electrons. The third-order valence-electron chi connectivity index (χ3n) is 2.88. The molecule has 0 saturated heterocycles. The summed E-state index contributed by atoms with van der Waals surface area (Å²) in [6, 6.07) is 4.92. The Labute approximate surface area is 122 Å². The molecule has 0 radical (unpaired) electrons. The summed E-state index contributed by atoms with van der Waals surface area (Å²) in [5.41, 5.74) is 0.108. The predicted octanol–water partition coefficient (Wildman–Crippen LogP) is 1.75. The van der Waals surface area contributed by atoms with E-state index >= 15 is 0 Å². The minimum absolute atomic E-state index is 0.109. The molecule has 0 unspecified atom stereocenters. The van der Waals surface area contributed by atoms with Gasteiger partial charge in [-0.05, 0) is 12.3 Å². The Kier molecular flexibility index (Phi) is 5.83. The lowest BCUT2D eigenvalue weighted by Crippen LogP contribution is -2.42. The molecule has 0 bridgehead atoms. The van der Waals surface area contributed by atoms with E-state index in [1.807, 2.05) is 13.8 Å². The van der Waals surface area contributed by atoms with Gasteiger partial charge in [-0.3, -0.25) is 14.9 Å². The third-order valence-corrected chi connectivity index (χ3v) is 2.88. The standard InChI is InChI=1S/C14H18N2O5/c1-9(2)7-11(14(18)19)15-13(17)8-10-5-3-4-6-12(10)16(20)21/h3-6,9,11H,7-8H2,1-2H3,(H,15,17)(H,18,19)/t11-/m1/s1. The number of hydrogen-bond donors (Lipinski definition) is 2. The van der Waals surface area contributed by atoms with E-state index in [1.165, 1.54) is 18.2 Å².